The third-order valence-corrected chi connectivity index (χ3v) is 5.72. The first-order valence-electron chi connectivity index (χ1n) is 8.23. The number of hydrogen-bond donors (Lipinski definition) is 1. The monoisotopic (exact) mass is 375 g/mol. The van der Waals surface area contributed by atoms with E-state index < -0.39 is 28.5 Å². The molecule has 1 aromatic carbocycles. The number of nitrogens with one attached hydrogen (secondary N) is 1. The van der Waals surface area contributed by atoms with Crippen LogP contribution in [0.1, 0.15) is 50.7 Å². The minimum atomic E-state index is -3.92. The van der Waals surface area contributed by atoms with E-state index in [2.05, 4.69) is 4.72 Å². The summed E-state index contributed by atoms with van der Waals surface area (Å²) in [6, 6.07) is 7.17. The van der Waals surface area contributed by atoms with Gasteiger partial charge in [0.15, 0.2) is 5.79 Å². The average molecular weight is 376 g/mol. The van der Waals surface area contributed by atoms with Gasteiger partial charge in [-0.05, 0) is 18.9 Å². The molecule has 3 rings (SSSR count). The van der Waals surface area contributed by atoms with Gasteiger partial charge in [-0.25, -0.2) is 4.18 Å². The quantitative estimate of drug-likeness (QED) is 0.854. The number of halogens is 1. The number of ether oxygens (including phenoxy) is 2. The molecule has 1 aliphatic carbocycles. The second-order valence-electron chi connectivity index (χ2n) is 6.07. The van der Waals surface area contributed by atoms with Crippen molar-refractivity contribution in [2.75, 3.05) is 6.54 Å². The fourth-order valence-corrected chi connectivity index (χ4v) is 4.29. The van der Waals surface area contributed by atoms with Gasteiger partial charge in [-0.2, -0.15) is 13.1 Å². The van der Waals surface area contributed by atoms with E-state index in [0.29, 0.717) is 10.6 Å². The molecule has 2 aliphatic rings. The number of hydrogen-bond acceptors (Lipinski definition) is 5. The summed E-state index contributed by atoms with van der Waals surface area (Å²) in [5.41, 5.74) is 0.665. The van der Waals surface area contributed by atoms with Crippen LogP contribution in [0.2, 0.25) is 5.02 Å². The predicted octanol–water partition coefficient (Wildman–Crippen LogP) is 3.29. The molecule has 1 N–H and O–H groups in total. The molecule has 1 saturated heterocycles. The topological polar surface area (TPSA) is 73.9 Å². The molecule has 24 heavy (non-hydrogen) atoms. The third kappa shape index (κ3) is 3.92. The second-order valence-corrected chi connectivity index (χ2v) is 7.86. The Labute approximate surface area is 147 Å². The normalized spacial score (nSPS) is 26.8. The highest BCUT2D eigenvalue weighted by Gasteiger charge is 2.51. The van der Waals surface area contributed by atoms with Gasteiger partial charge in [0.2, 0.25) is 6.29 Å². The van der Waals surface area contributed by atoms with Crippen molar-refractivity contribution in [1.82, 2.24) is 4.72 Å². The Bertz CT molecular complexity index is 675. The van der Waals surface area contributed by atoms with Crippen molar-refractivity contribution in [3.63, 3.8) is 0 Å². The molecule has 1 saturated carbocycles. The Morgan fingerprint density at radius 3 is 2.62 bits per heavy atom. The zero-order chi connectivity index (χ0) is 17.2. The molecule has 0 bridgehead atoms. The van der Waals surface area contributed by atoms with E-state index in [9.17, 15) is 8.42 Å². The van der Waals surface area contributed by atoms with Gasteiger partial charge in [0.25, 0.3) is 0 Å². The fourth-order valence-electron chi connectivity index (χ4n) is 3.24. The molecular weight excluding hydrogens is 354 g/mol. The molecule has 2 atom stereocenters. The van der Waals surface area contributed by atoms with Crippen LogP contribution in [-0.2, 0) is 24.0 Å². The fraction of sp³-hybridized carbons (Fsp3) is 0.625. The maximum atomic E-state index is 12.0. The van der Waals surface area contributed by atoms with Crippen molar-refractivity contribution in [2.24, 2.45) is 0 Å². The second kappa shape index (κ2) is 7.27. The minimum absolute atomic E-state index is 0.234. The van der Waals surface area contributed by atoms with Gasteiger partial charge in [0, 0.05) is 30.0 Å². The van der Waals surface area contributed by atoms with E-state index in [0.717, 1.165) is 32.1 Å². The molecular formula is C16H22ClNO5S. The van der Waals surface area contributed by atoms with Crippen molar-refractivity contribution in [3.8, 4) is 0 Å². The Balaban J connectivity index is 1.89. The van der Waals surface area contributed by atoms with Crippen LogP contribution < -0.4 is 4.72 Å². The van der Waals surface area contributed by atoms with Crippen LogP contribution in [0.3, 0.4) is 0 Å². The Morgan fingerprint density at radius 1 is 1.25 bits per heavy atom. The summed E-state index contributed by atoms with van der Waals surface area (Å²) in [5.74, 6) is -0.797. The summed E-state index contributed by atoms with van der Waals surface area (Å²) in [4.78, 5) is 0. The molecule has 2 fully saturated rings. The lowest BCUT2D eigenvalue weighted by Gasteiger charge is -2.31. The SMILES string of the molecule is CCNS(=O)(=O)OC1OC2(CCCCC2)OC1c1ccccc1Cl. The van der Waals surface area contributed by atoms with Crippen LogP contribution in [0.5, 0.6) is 0 Å². The van der Waals surface area contributed by atoms with Crippen molar-refractivity contribution >= 4 is 21.9 Å². The first-order valence-corrected chi connectivity index (χ1v) is 10.0. The Morgan fingerprint density at radius 2 is 1.96 bits per heavy atom. The van der Waals surface area contributed by atoms with E-state index in [1.807, 2.05) is 12.1 Å². The Kier molecular flexibility index (Phi) is 5.48. The van der Waals surface area contributed by atoms with E-state index in [4.69, 9.17) is 25.3 Å². The summed E-state index contributed by atoms with van der Waals surface area (Å²) < 4.78 is 43.7. The number of benzene rings is 1. The lowest BCUT2D eigenvalue weighted by atomic mass is 9.94. The molecule has 1 aromatic rings. The van der Waals surface area contributed by atoms with E-state index in [1.165, 1.54) is 0 Å². The van der Waals surface area contributed by atoms with Crippen LogP contribution in [0.4, 0.5) is 0 Å². The molecule has 134 valence electrons. The van der Waals surface area contributed by atoms with Crippen LogP contribution in [0, 0.1) is 0 Å². The Hall–Kier alpha value is -0.700. The van der Waals surface area contributed by atoms with Crippen molar-refractivity contribution in [2.45, 2.75) is 57.2 Å². The van der Waals surface area contributed by atoms with Crippen LogP contribution in [0.15, 0.2) is 24.3 Å². The summed E-state index contributed by atoms with van der Waals surface area (Å²) in [5, 5.41) is 0.494. The van der Waals surface area contributed by atoms with Gasteiger partial charge in [-0.15, -0.1) is 0 Å². The van der Waals surface area contributed by atoms with Gasteiger partial charge in [-0.1, -0.05) is 43.1 Å². The predicted molar refractivity (Wildman–Crippen MR) is 89.6 cm³/mol. The molecule has 8 heteroatoms. The average Bonchev–Trinajstić information content (AvgIpc) is 2.85. The van der Waals surface area contributed by atoms with Crippen LogP contribution in [-0.4, -0.2) is 27.0 Å². The lowest BCUT2D eigenvalue weighted by Crippen LogP contribution is -2.35. The largest absolute Gasteiger partial charge is 0.338 e. The molecule has 0 radical (unpaired) electrons. The molecule has 0 aromatic heterocycles. The zero-order valence-electron chi connectivity index (χ0n) is 13.5. The first-order chi connectivity index (χ1) is 11.4. The molecule has 1 spiro atoms. The first kappa shape index (κ1) is 18.1. The lowest BCUT2D eigenvalue weighted by molar-refractivity contribution is -0.210. The summed E-state index contributed by atoms with van der Waals surface area (Å²) in [6.45, 7) is 1.92. The van der Waals surface area contributed by atoms with Gasteiger partial charge in [-0.3, -0.25) is 0 Å². The summed E-state index contributed by atoms with van der Waals surface area (Å²) >= 11 is 6.27. The molecule has 1 aliphatic heterocycles. The van der Waals surface area contributed by atoms with Gasteiger partial charge in [0.1, 0.15) is 6.10 Å². The maximum absolute atomic E-state index is 12.0. The molecule has 2 unspecified atom stereocenters. The minimum Gasteiger partial charge on any atom is -0.336 e. The van der Waals surface area contributed by atoms with E-state index >= 15 is 0 Å². The zero-order valence-corrected chi connectivity index (χ0v) is 15.1. The third-order valence-electron chi connectivity index (χ3n) is 4.29. The highest BCUT2D eigenvalue weighted by Crippen LogP contribution is 2.47. The van der Waals surface area contributed by atoms with Crippen LogP contribution >= 0.6 is 11.6 Å². The highest BCUT2D eigenvalue weighted by molar-refractivity contribution is 7.84. The van der Waals surface area contributed by atoms with Gasteiger partial charge in [0.05, 0.1) is 0 Å². The highest BCUT2D eigenvalue weighted by atomic mass is 35.5. The van der Waals surface area contributed by atoms with E-state index in [-0.39, 0.29) is 6.54 Å². The standard InChI is InChI=1S/C16H22ClNO5S/c1-2-18-24(19,20)23-15-14(12-8-4-5-9-13(12)17)21-16(22-15)10-6-3-7-11-16/h4-5,8-9,14-15,18H,2-3,6-7,10-11H2,1H3. The smallest absolute Gasteiger partial charge is 0.336 e. The van der Waals surface area contributed by atoms with E-state index in [1.54, 1.807) is 19.1 Å². The van der Waals surface area contributed by atoms with Crippen molar-refractivity contribution in [1.29, 1.82) is 0 Å². The molecule has 6 nitrogen and oxygen atoms in total. The molecule has 1 heterocycles. The van der Waals surface area contributed by atoms with Gasteiger partial charge >= 0.3 is 10.3 Å². The van der Waals surface area contributed by atoms with Gasteiger partial charge < -0.3 is 9.47 Å². The van der Waals surface area contributed by atoms with Crippen molar-refractivity contribution < 1.29 is 22.1 Å². The summed E-state index contributed by atoms with van der Waals surface area (Å²) in [7, 11) is -3.92. The number of rotatable bonds is 5. The van der Waals surface area contributed by atoms with Crippen LogP contribution in [0.25, 0.3) is 0 Å². The molecule has 0 amide bonds. The van der Waals surface area contributed by atoms with Crippen molar-refractivity contribution in [3.05, 3.63) is 34.9 Å². The maximum Gasteiger partial charge on any atom is 0.338 e. The summed E-state index contributed by atoms with van der Waals surface area (Å²) in [6.07, 6.45) is 2.75.